The zero-order valence-electron chi connectivity index (χ0n) is 10.0. The van der Waals surface area contributed by atoms with E-state index in [-0.39, 0.29) is 11.8 Å². The molecular weight excluding hydrogens is 188 g/mol. The molecule has 0 bridgehead atoms. The molecule has 0 saturated carbocycles. The summed E-state index contributed by atoms with van der Waals surface area (Å²) in [5.74, 6) is 0.225. The van der Waals surface area contributed by atoms with Gasteiger partial charge in [-0.15, -0.1) is 0 Å². The minimum absolute atomic E-state index is 0.225. The number of carbonyl (C=O) groups is 1. The minimum atomic E-state index is -0.252. The molecule has 0 aliphatic heterocycles. The van der Waals surface area contributed by atoms with Gasteiger partial charge in [0.2, 0.25) is 0 Å². The van der Waals surface area contributed by atoms with Crippen LogP contribution >= 0.6 is 0 Å². The smallest absolute Gasteiger partial charge is 0.149 e. The highest BCUT2D eigenvalue weighted by molar-refractivity contribution is 5.83. The summed E-state index contributed by atoms with van der Waals surface area (Å²) in [4.78, 5) is 11.5. The summed E-state index contributed by atoms with van der Waals surface area (Å²) < 4.78 is 0. The van der Waals surface area contributed by atoms with Crippen molar-refractivity contribution in [1.29, 1.82) is 0 Å². The van der Waals surface area contributed by atoms with Gasteiger partial charge in [0.05, 0.1) is 6.04 Å². The Morgan fingerprint density at radius 2 is 1.87 bits per heavy atom. The van der Waals surface area contributed by atoms with Gasteiger partial charge in [0.25, 0.3) is 0 Å². The Hall–Kier alpha value is -0.410. The second-order valence-electron chi connectivity index (χ2n) is 4.17. The average molecular weight is 214 g/mol. The van der Waals surface area contributed by atoms with Crippen LogP contribution in [-0.2, 0) is 4.79 Å². The first-order valence-electron chi connectivity index (χ1n) is 6.20. The first kappa shape index (κ1) is 14.6. The van der Waals surface area contributed by atoms with Crippen LogP contribution in [0.3, 0.4) is 0 Å². The largest absolute Gasteiger partial charge is 0.330 e. The standard InChI is InChI=1S/C12H26N2O/c1-2-3-4-5-9-12(15)11(14)8-6-7-10-13/h11H,2-10,13-14H2,1H3. The van der Waals surface area contributed by atoms with Crippen molar-refractivity contribution < 1.29 is 4.79 Å². The van der Waals surface area contributed by atoms with Crippen LogP contribution in [0.25, 0.3) is 0 Å². The van der Waals surface area contributed by atoms with Crippen molar-refractivity contribution in [3.05, 3.63) is 0 Å². The van der Waals surface area contributed by atoms with Crippen molar-refractivity contribution in [1.82, 2.24) is 0 Å². The molecule has 0 aromatic rings. The first-order chi connectivity index (χ1) is 7.22. The van der Waals surface area contributed by atoms with Crippen molar-refractivity contribution in [3.63, 3.8) is 0 Å². The number of rotatable bonds is 10. The van der Waals surface area contributed by atoms with E-state index in [0.717, 1.165) is 32.1 Å². The monoisotopic (exact) mass is 214 g/mol. The molecule has 4 N–H and O–H groups in total. The lowest BCUT2D eigenvalue weighted by Gasteiger charge is -2.09. The van der Waals surface area contributed by atoms with Gasteiger partial charge in [-0.2, -0.15) is 0 Å². The van der Waals surface area contributed by atoms with Crippen LogP contribution in [0.1, 0.15) is 58.3 Å². The van der Waals surface area contributed by atoms with Gasteiger partial charge in [-0.1, -0.05) is 32.6 Å². The second kappa shape index (κ2) is 10.1. The van der Waals surface area contributed by atoms with Gasteiger partial charge in [0, 0.05) is 6.42 Å². The fourth-order valence-electron chi connectivity index (χ4n) is 1.58. The normalized spacial score (nSPS) is 12.7. The highest BCUT2D eigenvalue weighted by Crippen LogP contribution is 2.07. The molecule has 0 aliphatic carbocycles. The zero-order chi connectivity index (χ0) is 11.5. The zero-order valence-corrected chi connectivity index (χ0v) is 10.0. The molecule has 90 valence electrons. The molecule has 0 aromatic carbocycles. The Kier molecular flexibility index (Phi) is 9.84. The fraction of sp³-hybridized carbons (Fsp3) is 0.917. The molecule has 1 unspecified atom stereocenters. The number of unbranched alkanes of at least 4 members (excludes halogenated alkanes) is 4. The third kappa shape index (κ3) is 8.58. The van der Waals surface area contributed by atoms with E-state index in [9.17, 15) is 4.79 Å². The van der Waals surface area contributed by atoms with Gasteiger partial charge in [0.1, 0.15) is 5.78 Å². The number of hydrogen-bond acceptors (Lipinski definition) is 3. The van der Waals surface area contributed by atoms with Crippen LogP contribution in [0.4, 0.5) is 0 Å². The molecule has 0 radical (unpaired) electrons. The molecule has 0 aliphatic rings. The summed E-state index contributed by atoms with van der Waals surface area (Å²) in [6, 6.07) is -0.252. The Morgan fingerprint density at radius 3 is 2.47 bits per heavy atom. The molecule has 0 heterocycles. The van der Waals surface area contributed by atoms with E-state index in [4.69, 9.17) is 11.5 Å². The summed E-state index contributed by atoms with van der Waals surface area (Å²) in [7, 11) is 0. The van der Waals surface area contributed by atoms with Crippen molar-refractivity contribution in [2.75, 3.05) is 6.54 Å². The first-order valence-corrected chi connectivity index (χ1v) is 6.20. The summed E-state index contributed by atoms with van der Waals surface area (Å²) in [5, 5.41) is 0. The van der Waals surface area contributed by atoms with E-state index < -0.39 is 0 Å². The summed E-state index contributed by atoms with van der Waals surface area (Å²) >= 11 is 0. The number of ketones is 1. The van der Waals surface area contributed by atoms with E-state index in [1.54, 1.807) is 0 Å². The SMILES string of the molecule is CCCCCCC(=O)C(N)CCCCN. The third-order valence-corrected chi connectivity index (χ3v) is 2.66. The van der Waals surface area contributed by atoms with Crippen LogP contribution < -0.4 is 11.5 Å². The van der Waals surface area contributed by atoms with E-state index in [2.05, 4.69) is 6.92 Å². The molecule has 0 spiro atoms. The predicted octanol–water partition coefficient (Wildman–Crippen LogP) is 1.98. The van der Waals surface area contributed by atoms with Gasteiger partial charge in [-0.3, -0.25) is 4.79 Å². The van der Waals surface area contributed by atoms with E-state index in [1.807, 2.05) is 0 Å². The van der Waals surface area contributed by atoms with Gasteiger partial charge >= 0.3 is 0 Å². The van der Waals surface area contributed by atoms with Crippen molar-refractivity contribution in [3.8, 4) is 0 Å². The highest BCUT2D eigenvalue weighted by atomic mass is 16.1. The Morgan fingerprint density at radius 1 is 1.13 bits per heavy atom. The Labute approximate surface area is 93.6 Å². The third-order valence-electron chi connectivity index (χ3n) is 2.66. The fourth-order valence-corrected chi connectivity index (χ4v) is 1.58. The maximum absolute atomic E-state index is 11.5. The molecule has 0 aromatic heterocycles. The maximum Gasteiger partial charge on any atom is 0.149 e. The summed E-state index contributed by atoms with van der Waals surface area (Å²) in [5.41, 5.74) is 11.2. The molecule has 0 rings (SSSR count). The summed E-state index contributed by atoms with van der Waals surface area (Å²) in [6.07, 6.45) is 7.96. The van der Waals surface area contributed by atoms with Crippen molar-refractivity contribution >= 4 is 5.78 Å². The molecule has 3 heteroatoms. The number of Topliss-reactive ketones (excluding diaryl/α,β-unsaturated/α-hetero) is 1. The molecule has 0 fully saturated rings. The van der Waals surface area contributed by atoms with Crippen LogP contribution in [0.5, 0.6) is 0 Å². The Balaban J connectivity index is 3.42. The molecular formula is C12H26N2O. The van der Waals surface area contributed by atoms with Crippen LogP contribution in [0.2, 0.25) is 0 Å². The van der Waals surface area contributed by atoms with Gasteiger partial charge in [-0.25, -0.2) is 0 Å². The molecule has 0 amide bonds. The molecule has 0 saturated heterocycles. The highest BCUT2D eigenvalue weighted by Gasteiger charge is 2.11. The van der Waals surface area contributed by atoms with E-state index in [1.165, 1.54) is 12.8 Å². The number of nitrogens with two attached hydrogens (primary N) is 2. The van der Waals surface area contributed by atoms with Crippen LogP contribution in [0.15, 0.2) is 0 Å². The number of hydrogen-bond donors (Lipinski definition) is 2. The van der Waals surface area contributed by atoms with Gasteiger partial charge in [0.15, 0.2) is 0 Å². The average Bonchev–Trinajstić information content (AvgIpc) is 2.24. The molecule has 15 heavy (non-hydrogen) atoms. The van der Waals surface area contributed by atoms with Gasteiger partial charge < -0.3 is 11.5 Å². The van der Waals surface area contributed by atoms with E-state index >= 15 is 0 Å². The van der Waals surface area contributed by atoms with Crippen molar-refractivity contribution in [2.45, 2.75) is 64.3 Å². The lowest BCUT2D eigenvalue weighted by molar-refractivity contribution is -0.120. The van der Waals surface area contributed by atoms with Crippen molar-refractivity contribution in [2.24, 2.45) is 11.5 Å². The van der Waals surface area contributed by atoms with E-state index in [0.29, 0.717) is 13.0 Å². The molecule has 1 atom stereocenters. The van der Waals surface area contributed by atoms with Crippen LogP contribution in [-0.4, -0.2) is 18.4 Å². The minimum Gasteiger partial charge on any atom is -0.330 e. The molecule has 3 nitrogen and oxygen atoms in total. The lowest BCUT2D eigenvalue weighted by Crippen LogP contribution is -2.30. The number of carbonyl (C=O) groups excluding carboxylic acids is 1. The maximum atomic E-state index is 11.5. The van der Waals surface area contributed by atoms with Gasteiger partial charge in [-0.05, 0) is 25.8 Å². The Bertz CT molecular complexity index is 160. The quantitative estimate of drug-likeness (QED) is 0.546. The predicted molar refractivity (Wildman–Crippen MR) is 64.6 cm³/mol. The topological polar surface area (TPSA) is 69.1 Å². The summed E-state index contributed by atoms with van der Waals surface area (Å²) in [6.45, 7) is 2.86. The lowest BCUT2D eigenvalue weighted by atomic mass is 10.0. The second-order valence-corrected chi connectivity index (χ2v) is 4.17. The van der Waals surface area contributed by atoms with Crippen LogP contribution in [0, 0.1) is 0 Å².